The Morgan fingerprint density at radius 3 is 2.71 bits per heavy atom. The van der Waals surface area contributed by atoms with Gasteiger partial charge in [0, 0.05) is 17.8 Å². The van der Waals surface area contributed by atoms with Crippen molar-refractivity contribution in [2.75, 3.05) is 18.8 Å². The number of phenols is 1. The normalized spacial score (nSPS) is 18.4. The van der Waals surface area contributed by atoms with Crippen LogP contribution >= 0.6 is 0 Å². The highest BCUT2D eigenvalue weighted by molar-refractivity contribution is 5.47. The summed E-state index contributed by atoms with van der Waals surface area (Å²) in [5.41, 5.74) is 7.41. The lowest BCUT2D eigenvalue weighted by molar-refractivity contribution is 0.173. The van der Waals surface area contributed by atoms with Crippen LogP contribution in [0.25, 0.3) is 0 Å². The average Bonchev–Trinajstić information content (AvgIpc) is 2.35. The molecule has 3 N–H and O–H groups in total. The van der Waals surface area contributed by atoms with Crippen molar-refractivity contribution >= 4 is 5.69 Å². The number of piperidine rings is 1. The molecule has 1 fully saturated rings. The molecular formula is C14H22N2O. The Morgan fingerprint density at radius 1 is 1.35 bits per heavy atom. The molecule has 1 saturated heterocycles. The first kappa shape index (κ1) is 12.2. The number of benzene rings is 1. The summed E-state index contributed by atoms with van der Waals surface area (Å²) in [6, 6.07) is 5.30. The number of nitrogens with two attached hydrogens (primary N) is 1. The second-order valence-corrected chi connectivity index (χ2v) is 5.02. The van der Waals surface area contributed by atoms with Crippen molar-refractivity contribution < 1.29 is 5.11 Å². The van der Waals surface area contributed by atoms with Crippen LogP contribution in [0.3, 0.4) is 0 Å². The molecule has 0 bridgehead atoms. The third kappa shape index (κ3) is 3.13. The summed E-state index contributed by atoms with van der Waals surface area (Å²) in [6.07, 6.45) is 3.84. The van der Waals surface area contributed by atoms with E-state index >= 15 is 0 Å². The third-order valence-corrected chi connectivity index (χ3v) is 3.78. The first-order valence-corrected chi connectivity index (χ1v) is 6.48. The number of anilines is 1. The average molecular weight is 234 g/mol. The number of hydrogen-bond donors (Lipinski definition) is 2. The lowest BCUT2D eigenvalue weighted by atomic mass is 9.94. The fourth-order valence-electron chi connectivity index (χ4n) is 2.53. The predicted octanol–water partition coefficient (Wildman–Crippen LogP) is 2.60. The number of aromatic hydroxyl groups is 1. The van der Waals surface area contributed by atoms with Gasteiger partial charge in [-0.3, -0.25) is 4.90 Å². The summed E-state index contributed by atoms with van der Waals surface area (Å²) in [7, 11) is 0. The summed E-state index contributed by atoms with van der Waals surface area (Å²) in [6.45, 7) is 5.34. The van der Waals surface area contributed by atoms with E-state index in [0.717, 1.165) is 36.8 Å². The molecule has 0 atom stereocenters. The van der Waals surface area contributed by atoms with Crippen LogP contribution in [0.4, 0.5) is 5.69 Å². The maximum absolute atomic E-state index is 9.78. The molecule has 1 aromatic carbocycles. The molecule has 3 nitrogen and oxygen atoms in total. The molecule has 0 aromatic heterocycles. The Labute approximate surface area is 103 Å². The van der Waals surface area contributed by atoms with Gasteiger partial charge >= 0.3 is 0 Å². The molecular weight excluding hydrogens is 212 g/mol. The molecule has 1 aliphatic rings. The molecule has 0 amide bonds. The Balaban J connectivity index is 1.95. The second kappa shape index (κ2) is 5.41. The van der Waals surface area contributed by atoms with E-state index in [2.05, 4.69) is 11.8 Å². The number of nitrogens with zero attached hydrogens (tertiary/aromatic N) is 1. The second-order valence-electron chi connectivity index (χ2n) is 5.02. The van der Waals surface area contributed by atoms with E-state index in [4.69, 9.17) is 5.73 Å². The molecule has 0 unspecified atom stereocenters. The van der Waals surface area contributed by atoms with Crippen LogP contribution in [-0.2, 0) is 6.54 Å². The summed E-state index contributed by atoms with van der Waals surface area (Å²) < 4.78 is 0. The zero-order valence-electron chi connectivity index (χ0n) is 10.5. The minimum Gasteiger partial charge on any atom is -0.508 e. The van der Waals surface area contributed by atoms with Gasteiger partial charge in [0.25, 0.3) is 0 Å². The predicted molar refractivity (Wildman–Crippen MR) is 70.8 cm³/mol. The third-order valence-electron chi connectivity index (χ3n) is 3.78. The lowest BCUT2D eigenvalue weighted by Gasteiger charge is -2.31. The van der Waals surface area contributed by atoms with Crippen LogP contribution in [0.15, 0.2) is 18.2 Å². The van der Waals surface area contributed by atoms with Gasteiger partial charge in [0.1, 0.15) is 5.75 Å². The summed E-state index contributed by atoms with van der Waals surface area (Å²) >= 11 is 0. The van der Waals surface area contributed by atoms with Crippen LogP contribution in [-0.4, -0.2) is 23.1 Å². The van der Waals surface area contributed by atoms with Gasteiger partial charge in [0.2, 0.25) is 0 Å². The Morgan fingerprint density at radius 2 is 2.06 bits per heavy atom. The first-order chi connectivity index (χ1) is 8.19. The Kier molecular flexibility index (Phi) is 3.89. The minimum absolute atomic E-state index is 0.358. The van der Waals surface area contributed by atoms with E-state index < -0.39 is 0 Å². The number of likely N-dealkylation sites (tertiary alicyclic amines) is 1. The van der Waals surface area contributed by atoms with E-state index in [0.29, 0.717) is 5.75 Å². The molecule has 1 aliphatic heterocycles. The van der Waals surface area contributed by atoms with Gasteiger partial charge in [-0.2, -0.15) is 0 Å². The molecule has 0 saturated carbocycles. The summed E-state index contributed by atoms with van der Waals surface area (Å²) in [4.78, 5) is 2.40. The molecule has 0 aliphatic carbocycles. The summed E-state index contributed by atoms with van der Waals surface area (Å²) in [5, 5.41) is 9.78. The Hall–Kier alpha value is -1.22. The number of hydrogen-bond acceptors (Lipinski definition) is 3. The standard InChI is InChI=1S/C14H22N2O/c1-2-11-5-7-16(8-6-11)10-12-9-13(15)3-4-14(12)17/h3-4,9,11,17H,2,5-8,10,15H2,1H3. The van der Waals surface area contributed by atoms with Crippen LogP contribution in [0.1, 0.15) is 31.7 Å². The van der Waals surface area contributed by atoms with E-state index in [-0.39, 0.29) is 0 Å². The van der Waals surface area contributed by atoms with E-state index in [9.17, 15) is 5.11 Å². The highest BCUT2D eigenvalue weighted by atomic mass is 16.3. The van der Waals surface area contributed by atoms with Gasteiger partial charge in [-0.1, -0.05) is 13.3 Å². The molecule has 3 heteroatoms. The topological polar surface area (TPSA) is 49.5 Å². The molecule has 1 aromatic rings. The number of phenolic OH excluding ortho intramolecular Hbond substituents is 1. The van der Waals surface area contributed by atoms with Crippen molar-refractivity contribution in [3.05, 3.63) is 23.8 Å². The first-order valence-electron chi connectivity index (χ1n) is 6.48. The molecule has 17 heavy (non-hydrogen) atoms. The van der Waals surface area contributed by atoms with Gasteiger partial charge in [-0.25, -0.2) is 0 Å². The SMILES string of the molecule is CCC1CCN(Cc2cc(N)ccc2O)CC1. The highest BCUT2D eigenvalue weighted by Crippen LogP contribution is 2.25. The summed E-state index contributed by atoms with van der Waals surface area (Å²) in [5.74, 6) is 1.25. The molecule has 2 rings (SSSR count). The quantitative estimate of drug-likeness (QED) is 0.624. The largest absolute Gasteiger partial charge is 0.508 e. The van der Waals surface area contributed by atoms with Crippen molar-refractivity contribution in [3.63, 3.8) is 0 Å². The van der Waals surface area contributed by atoms with Crippen molar-refractivity contribution in [2.24, 2.45) is 5.92 Å². The van der Waals surface area contributed by atoms with Gasteiger partial charge in [0.15, 0.2) is 0 Å². The zero-order chi connectivity index (χ0) is 12.3. The smallest absolute Gasteiger partial charge is 0.120 e. The van der Waals surface area contributed by atoms with E-state index in [1.165, 1.54) is 19.3 Å². The van der Waals surface area contributed by atoms with Gasteiger partial charge in [-0.05, 0) is 50.0 Å². The van der Waals surface area contributed by atoms with Crippen molar-refractivity contribution in [1.82, 2.24) is 4.90 Å². The fourth-order valence-corrected chi connectivity index (χ4v) is 2.53. The van der Waals surface area contributed by atoms with Gasteiger partial charge in [-0.15, -0.1) is 0 Å². The maximum Gasteiger partial charge on any atom is 0.120 e. The number of nitrogen functional groups attached to an aromatic ring is 1. The van der Waals surface area contributed by atoms with E-state index in [1.807, 2.05) is 6.07 Å². The van der Waals surface area contributed by atoms with Crippen LogP contribution < -0.4 is 5.73 Å². The maximum atomic E-state index is 9.78. The van der Waals surface area contributed by atoms with E-state index in [1.54, 1.807) is 12.1 Å². The van der Waals surface area contributed by atoms with Crippen molar-refractivity contribution in [2.45, 2.75) is 32.7 Å². The highest BCUT2D eigenvalue weighted by Gasteiger charge is 2.18. The Bertz CT molecular complexity index is 370. The van der Waals surface area contributed by atoms with Crippen LogP contribution in [0.5, 0.6) is 5.75 Å². The molecule has 0 radical (unpaired) electrons. The molecule has 1 heterocycles. The minimum atomic E-state index is 0.358. The van der Waals surface area contributed by atoms with Crippen molar-refractivity contribution in [3.8, 4) is 5.75 Å². The monoisotopic (exact) mass is 234 g/mol. The molecule has 0 spiro atoms. The lowest BCUT2D eigenvalue weighted by Crippen LogP contribution is -2.33. The molecule has 94 valence electrons. The zero-order valence-corrected chi connectivity index (χ0v) is 10.5. The van der Waals surface area contributed by atoms with Gasteiger partial charge < -0.3 is 10.8 Å². The van der Waals surface area contributed by atoms with Crippen molar-refractivity contribution in [1.29, 1.82) is 0 Å². The van der Waals surface area contributed by atoms with Crippen LogP contribution in [0, 0.1) is 5.92 Å². The fraction of sp³-hybridized carbons (Fsp3) is 0.571. The van der Waals surface area contributed by atoms with Crippen LogP contribution in [0.2, 0.25) is 0 Å². The van der Waals surface area contributed by atoms with Gasteiger partial charge in [0.05, 0.1) is 0 Å². The number of rotatable bonds is 3.